The van der Waals surface area contributed by atoms with Crippen molar-refractivity contribution in [3.05, 3.63) is 41.0 Å². The summed E-state index contributed by atoms with van der Waals surface area (Å²) in [7, 11) is -3.07. The van der Waals surface area contributed by atoms with Crippen LogP contribution in [0.3, 0.4) is 0 Å². The van der Waals surface area contributed by atoms with Gasteiger partial charge in [-0.05, 0) is 30.7 Å². The van der Waals surface area contributed by atoms with Gasteiger partial charge in [0.25, 0.3) is 5.91 Å². The maximum atomic E-state index is 12.4. The molecule has 1 amide bonds. The van der Waals surface area contributed by atoms with Crippen LogP contribution in [0.4, 0.5) is 5.82 Å². The summed E-state index contributed by atoms with van der Waals surface area (Å²) in [5, 5.41) is 7.98. The third-order valence-electron chi connectivity index (χ3n) is 4.51. The Morgan fingerprint density at radius 2 is 2.00 bits per heavy atom. The lowest BCUT2D eigenvalue weighted by atomic mass is 9.92. The predicted octanol–water partition coefficient (Wildman–Crippen LogP) is 3.21. The van der Waals surface area contributed by atoms with E-state index < -0.39 is 9.84 Å². The molecule has 1 aromatic carbocycles. The fourth-order valence-corrected chi connectivity index (χ4v) is 4.78. The van der Waals surface area contributed by atoms with E-state index in [1.165, 1.54) is 0 Å². The minimum atomic E-state index is -3.07. The normalized spacial score (nSPS) is 18.8. The highest BCUT2D eigenvalue weighted by atomic mass is 35.5. The summed E-state index contributed by atoms with van der Waals surface area (Å²) in [6.07, 6.45) is 0.484. The van der Waals surface area contributed by atoms with Crippen LogP contribution >= 0.6 is 11.6 Å². The van der Waals surface area contributed by atoms with Gasteiger partial charge in [0.05, 0.1) is 23.2 Å². The number of anilines is 1. The molecule has 3 rings (SSSR count). The minimum Gasteiger partial charge on any atom is -0.484 e. The molecule has 1 N–H and O–H groups in total. The number of nitrogens with one attached hydrogen (secondary N) is 1. The van der Waals surface area contributed by atoms with Gasteiger partial charge in [-0.3, -0.25) is 4.79 Å². The second-order valence-electron chi connectivity index (χ2n) is 7.96. The molecular formula is C19H24ClN3O4S. The van der Waals surface area contributed by atoms with Gasteiger partial charge < -0.3 is 10.1 Å². The number of benzene rings is 1. The average Bonchev–Trinajstić information content (AvgIpc) is 3.17. The lowest BCUT2D eigenvalue weighted by Crippen LogP contribution is -2.24. The summed E-state index contributed by atoms with van der Waals surface area (Å²) >= 11 is 5.83. The van der Waals surface area contributed by atoms with Crippen molar-refractivity contribution in [2.75, 3.05) is 23.4 Å². The molecule has 1 aliphatic rings. The Hall–Kier alpha value is -2.06. The highest BCUT2D eigenvalue weighted by molar-refractivity contribution is 7.91. The van der Waals surface area contributed by atoms with Crippen LogP contribution in [-0.4, -0.2) is 42.2 Å². The number of halogens is 1. The first-order valence-electron chi connectivity index (χ1n) is 9.02. The summed E-state index contributed by atoms with van der Waals surface area (Å²) in [5.74, 6) is 0.831. The molecule has 28 heavy (non-hydrogen) atoms. The van der Waals surface area contributed by atoms with E-state index in [9.17, 15) is 13.2 Å². The number of nitrogens with zero attached hydrogens (tertiary/aromatic N) is 2. The number of hydrogen-bond acceptors (Lipinski definition) is 5. The number of sulfone groups is 1. The highest BCUT2D eigenvalue weighted by Crippen LogP contribution is 2.30. The van der Waals surface area contributed by atoms with E-state index >= 15 is 0 Å². The molecule has 1 aliphatic heterocycles. The minimum absolute atomic E-state index is 0.0302. The van der Waals surface area contributed by atoms with Crippen LogP contribution in [0.5, 0.6) is 5.75 Å². The second-order valence-corrected chi connectivity index (χ2v) is 10.6. The number of amides is 1. The Bertz CT molecular complexity index is 962. The molecular weight excluding hydrogens is 402 g/mol. The van der Waals surface area contributed by atoms with E-state index in [0.29, 0.717) is 23.0 Å². The van der Waals surface area contributed by atoms with E-state index in [1.54, 1.807) is 35.0 Å². The Kier molecular flexibility index (Phi) is 5.72. The van der Waals surface area contributed by atoms with Crippen molar-refractivity contribution in [1.82, 2.24) is 9.78 Å². The first kappa shape index (κ1) is 20.7. The predicted molar refractivity (Wildman–Crippen MR) is 109 cm³/mol. The molecule has 0 aliphatic carbocycles. The van der Waals surface area contributed by atoms with Crippen LogP contribution < -0.4 is 10.1 Å². The van der Waals surface area contributed by atoms with Crippen molar-refractivity contribution in [2.24, 2.45) is 0 Å². The third-order valence-corrected chi connectivity index (χ3v) is 6.51. The zero-order chi connectivity index (χ0) is 20.5. The number of carbonyl (C=O) groups excluding carboxylic acids is 1. The Morgan fingerprint density at radius 3 is 2.57 bits per heavy atom. The first-order chi connectivity index (χ1) is 13.0. The van der Waals surface area contributed by atoms with Gasteiger partial charge in [-0.25, -0.2) is 13.1 Å². The van der Waals surface area contributed by atoms with Crippen LogP contribution in [0.2, 0.25) is 5.02 Å². The van der Waals surface area contributed by atoms with Gasteiger partial charge in [-0.1, -0.05) is 32.4 Å². The molecule has 7 nitrogen and oxygen atoms in total. The number of hydrogen-bond donors (Lipinski definition) is 1. The van der Waals surface area contributed by atoms with Gasteiger partial charge >= 0.3 is 0 Å². The SMILES string of the molecule is CC(C)(C)c1cc(NC(=O)COc2ccc(Cl)cc2)n(C2CCS(=O)(=O)C2)n1. The van der Waals surface area contributed by atoms with E-state index in [2.05, 4.69) is 10.4 Å². The summed E-state index contributed by atoms with van der Waals surface area (Å²) < 4.78 is 30.9. The van der Waals surface area contributed by atoms with Crippen molar-refractivity contribution in [3.63, 3.8) is 0 Å². The third kappa shape index (κ3) is 5.05. The topological polar surface area (TPSA) is 90.3 Å². The van der Waals surface area contributed by atoms with E-state index in [1.807, 2.05) is 20.8 Å². The summed E-state index contributed by atoms with van der Waals surface area (Å²) in [4.78, 5) is 12.4. The Balaban J connectivity index is 1.75. The van der Waals surface area contributed by atoms with Crippen molar-refractivity contribution < 1.29 is 17.9 Å². The summed E-state index contributed by atoms with van der Waals surface area (Å²) in [6.45, 7) is 5.86. The molecule has 1 unspecified atom stereocenters. The molecule has 1 aromatic heterocycles. The molecule has 0 spiro atoms. The molecule has 1 fully saturated rings. The summed E-state index contributed by atoms with van der Waals surface area (Å²) in [5.41, 5.74) is 0.549. The van der Waals surface area contributed by atoms with Gasteiger partial charge in [0.15, 0.2) is 16.4 Å². The van der Waals surface area contributed by atoms with Gasteiger partial charge in [0.2, 0.25) is 0 Å². The maximum Gasteiger partial charge on any atom is 0.263 e. The quantitative estimate of drug-likeness (QED) is 0.794. The van der Waals surface area contributed by atoms with Crippen LogP contribution in [0.1, 0.15) is 38.9 Å². The monoisotopic (exact) mass is 425 g/mol. The zero-order valence-corrected chi connectivity index (χ0v) is 17.7. The molecule has 0 radical (unpaired) electrons. The number of ether oxygens (including phenoxy) is 1. The standard InChI is InChI=1S/C19H24ClN3O4S/c1-19(2,3)16-10-17(23(22-16)14-8-9-28(25,26)12-14)21-18(24)11-27-15-6-4-13(20)5-7-15/h4-7,10,14H,8-9,11-12H2,1-3H3,(H,21,24). The van der Waals surface area contributed by atoms with Gasteiger partial charge in [-0.15, -0.1) is 0 Å². The number of aromatic nitrogens is 2. The van der Waals surface area contributed by atoms with Crippen LogP contribution in [-0.2, 0) is 20.0 Å². The van der Waals surface area contributed by atoms with Gasteiger partial charge in [0, 0.05) is 16.5 Å². The smallest absolute Gasteiger partial charge is 0.263 e. The second kappa shape index (κ2) is 7.75. The molecule has 1 saturated heterocycles. The number of rotatable bonds is 5. The molecule has 2 aromatic rings. The molecule has 9 heteroatoms. The Labute approximate surface area is 169 Å². The van der Waals surface area contributed by atoms with Crippen molar-refractivity contribution in [3.8, 4) is 5.75 Å². The van der Waals surface area contributed by atoms with Crippen LogP contribution in [0, 0.1) is 0 Å². The first-order valence-corrected chi connectivity index (χ1v) is 11.2. The van der Waals surface area contributed by atoms with Crippen molar-refractivity contribution in [1.29, 1.82) is 0 Å². The fraction of sp³-hybridized carbons (Fsp3) is 0.474. The molecule has 2 heterocycles. The zero-order valence-electron chi connectivity index (χ0n) is 16.1. The van der Waals surface area contributed by atoms with Crippen LogP contribution in [0.15, 0.2) is 30.3 Å². The molecule has 152 valence electrons. The molecule has 0 bridgehead atoms. The fourth-order valence-electron chi connectivity index (χ4n) is 2.96. The number of carbonyl (C=O) groups is 1. The van der Waals surface area contributed by atoms with E-state index in [4.69, 9.17) is 16.3 Å². The lowest BCUT2D eigenvalue weighted by molar-refractivity contribution is -0.118. The van der Waals surface area contributed by atoms with Crippen molar-refractivity contribution in [2.45, 2.75) is 38.6 Å². The van der Waals surface area contributed by atoms with Gasteiger partial charge in [0.1, 0.15) is 11.6 Å². The van der Waals surface area contributed by atoms with E-state index in [0.717, 1.165) is 5.69 Å². The molecule has 0 saturated carbocycles. The Morgan fingerprint density at radius 1 is 1.32 bits per heavy atom. The van der Waals surface area contributed by atoms with Gasteiger partial charge in [-0.2, -0.15) is 5.10 Å². The average molecular weight is 426 g/mol. The summed E-state index contributed by atoms with van der Waals surface area (Å²) in [6, 6.07) is 8.24. The highest BCUT2D eigenvalue weighted by Gasteiger charge is 2.32. The van der Waals surface area contributed by atoms with E-state index in [-0.39, 0.29) is 35.5 Å². The molecule has 1 atom stereocenters. The lowest BCUT2D eigenvalue weighted by Gasteiger charge is -2.15. The van der Waals surface area contributed by atoms with Crippen molar-refractivity contribution >= 4 is 33.2 Å². The largest absolute Gasteiger partial charge is 0.484 e. The maximum absolute atomic E-state index is 12.4. The van der Waals surface area contributed by atoms with Crippen LogP contribution in [0.25, 0.3) is 0 Å².